The van der Waals surface area contributed by atoms with Crippen LogP contribution in [-0.4, -0.2) is 39.3 Å². The number of alkyl halides is 3. The quantitative estimate of drug-likeness (QED) is 0.300. The highest BCUT2D eigenvalue weighted by Crippen LogP contribution is 2.59. The molecule has 1 saturated carbocycles. The minimum atomic E-state index is -4.46. The van der Waals surface area contributed by atoms with Crippen molar-refractivity contribution >= 4 is 23.4 Å². The van der Waals surface area contributed by atoms with Crippen molar-refractivity contribution in [1.29, 1.82) is 0 Å². The monoisotopic (exact) mass is 528 g/mol. The van der Waals surface area contributed by atoms with Crippen LogP contribution in [0.15, 0.2) is 59.5 Å². The molecule has 3 heterocycles. The van der Waals surface area contributed by atoms with Crippen LogP contribution in [0.4, 0.5) is 35.0 Å². The van der Waals surface area contributed by atoms with E-state index in [0.29, 0.717) is 28.6 Å². The summed E-state index contributed by atoms with van der Waals surface area (Å²) >= 11 is 0. The maximum absolute atomic E-state index is 14.8. The van der Waals surface area contributed by atoms with Crippen LogP contribution in [0.3, 0.4) is 0 Å². The molecule has 0 spiro atoms. The summed E-state index contributed by atoms with van der Waals surface area (Å²) in [7, 11) is 1.52. The summed E-state index contributed by atoms with van der Waals surface area (Å²) in [6.07, 6.45) is -0.412. The highest BCUT2D eigenvalue weighted by atomic mass is 19.4. The standard InChI is InChI=1S/C25H20F4N6O3/c1-37-22-5-4-17(13-30-22)33-23-31-11-16(12-32-23)14-2-3-15(18(26)8-14)9-21(36)34-20-10-19(38-35-20)24(6-7-24)25(27,28)29/h2-5,8,10-13H,6-7,9H2,1H3,(H,31,32,33)(H,34,35,36). The molecule has 0 radical (unpaired) electrons. The van der Waals surface area contributed by atoms with Crippen LogP contribution in [0.1, 0.15) is 24.2 Å². The zero-order valence-corrected chi connectivity index (χ0v) is 19.8. The normalized spacial score (nSPS) is 14.1. The zero-order valence-electron chi connectivity index (χ0n) is 19.8. The lowest BCUT2D eigenvalue weighted by Gasteiger charge is -2.14. The van der Waals surface area contributed by atoms with E-state index in [0.717, 1.165) is 6.07 Å². The average Bonchev–Trinajstić information content (AvgIpc) is 3.60. The predicted octanol–water partition coefficient (Wildman–Crippen LogP) is 5.19. The molecule has 13 heteroatoms. The number of amides is 1. The number of pyridine rings is 1. The number of carbonyl (C=O) groups excluding carboxylic acids is 1. The summed E-state index contributed by atoms with van der Waals surface area (Å²) in [5.74, 6) is -1.02. The highest BCUT2D eigenvalue weighted by molar-refractivity contribution is 5.91. The number of anilines is 3. The maximum atomic E-state index is 14.8. The van der Waals surface area contributed by atoms with Gasteiger partial charge in [-0.25, -0.2) is 19.3 Å². The molecule has 1 amide bonds. The van der Waals surface area contributed by atoms with Gasteiger partial charge in [0.05, 0.1) is 25.4 Å². The van der Waals surface area contributed by atoms with Crippen molar-refractivity contribution in [1.82, 2.24) is 20.1 Å². The molecule has 0 unspecified atom stereocenters. The molecule has 4 aromatic rings. The van der Waals surface area contributed by atoms with E-state index in [1.54, 1.807) is 24.4 Å². The third-order valence-electron chi connectivity index (χ3n) is 6.13. The number of ether oxygens (including phenoxy) is 1. The number of hydrogen-bond donors (Lipinski definition) is 2. The number of nitrogens with zero attached hydrogens (tertiary/aromatic N) is 4. The van der Waals surface area contributed by atoms with Gasteiger partial charge in [0.25, 0.3) is 0 Å². The third-order valence-corrected chi connectivity index (χ3v) is 6.13. The van der Waals surface area contributed by atoms with Crippen molar-refractivity contribution < 1.29 is 31.6 Å². The summed E-state index contributed by atoms with van der Waals surface area (Å²) in [5, 5.41) is 8.85. The van der Waals surface area contributed by atoms with Crippen molar-refractivity contribution in [2.24, 2.45) is 0 Å². The molecule has 0 atom stereocenters. The summed E-state index contributed by atoms with van der Waals surface area (Å²) in [4.78, 5) is 24.9. The fraction of sp³-hybridized carbons (Fsp3) is 0.240. The van der Waals surface area contributed by atoms with Gasteiger partial charge >= 0.3 is 6.18 Å². The second-order valence-corrected chi connectivity index (χ2v) is 8.70. The summed E-state index contributed by atoms with van der Waals surface area (Å²) in [6, 6.07) is 8.79. The van der Waals surface area contributed by atoms with Gasteiger partial charge in [-0.05, 0) is 36.1 Å². The van der Waals surface area contributed by atoms with Crippen LogP contribution in [0.2, 0.25) is 0 Å². The molecule has 0 aliphatic heterocycles. The van der Waals surface area contributed by atoms with Gasteiger partial charge in [0.15, 0.2) is 11.6 Å². The van der Waals surface area contributed by atoms with Crippen LogP contribution in [0.25, 0.3) is 11.1 Å². The maximum Gasteiger partial charge on any atom is 0.401 e. The second-order valence-electron chi connectivity index (χ2n) is 8.70. The van der Waals surface area contributed by atoms with E-state index in [-0.39, 0.29) is 36.4 Å². The topological polar surface area (TPSA) is 115 Å². The Hall–Kier alpha value is -4.55. The number of aromatic nitrogens is 4. The number of benzene rings is 1. The third kappa shape index (κ3) is 5.12. The van der Waals surface area contributed by atoms with Gasteiger partial charge in [0.1, 0.15) is 11.2 Å². The van der Waals surface area contributed by atoms with Gasteiger partial charge in [0.2, 0.25) is 17.7 Å². The molecule has 5 rings (SSSR count). The van der Waals surface area contributed by atoms with Gasteiger partial charge in [0, 0.05) is 30.1 Å². The lowest BCUT2D eigenvalue weighted by atomic mass is 10.0. The Morgan fingerprint density at radius 1 is 1.05 bits per heavy atom. The molecule has 196 valence electrons. The van der Waals surface area contributed by atoms with Crippen molar-refractivity contribution in [3.63, 3.8) is 0 Å². The molecular weight excluding hydrogens is 508 g/mol. The first-order valence-electron chi connectivity index (χ1n) is 11.4. The zero-order chi connectivity index (χ0) is 26.9. The first-order valence-corrected chi connectivity index (χ1v) is 11.4. The van der Waals surface area contributed by atoms with Gasteiger partial charge in [-0.2, -0.15) is 13.2 Å². The first kappa shape index (κ1) is 25.1. The van der Waals surface area contributed by atoms with Crippen molar-refractivity contribution in [3.8, 4) is 17.0 Å². The molecule has 2 N–H and O–H groups in total. The molecule has 1 fully saturated rings. The Balaban J connectivity index is 1.20. The van der Waals surface area contributed by atoms with E-state index in [1.165, 1.54) is 31.6 Å². The number of nitrogens with one attached hydrogen (secondary N) is 2. The van der Waals surface area contributed by atoms with E-state index in [9.17, 15) is 22.4 Å². The lowest BCUT2D eigenvalue weighted by molar-refractivity contribution is -0.165. The molecule has 1 aromatic carbocycles. The SMILES string of the molecule is COc1ccc(Nc2ncc(-c3ccc(CC(=O)Nc4cc(C5(C(F)(F)F)CC5)on4)c(F)c3)cn2)cn1. The van der Waals surface area contributed by atoms with Gasteiger partial charge in [-0.1, -0.05) is 17.3 Å². The molecule has 38 heavy (non-hydrogen) atoms. The summed E-state index contributed by atoms with van der Waals surface area (Å²) < 4.78 is 64.3. The average molecular weight is 528 g/mol. The van der Waals surface area contributed by atoms with Gasteiger partial charge in [-0.3, -0.25) is 4.79 Å². The van der Waals surface area contributed by atoms with Crippen molar-refractivity contribution in [2.45, 2.75) is 30.9 Å². The van der Waals surface area contributed by atoms with Gasteiger partial charge < -0.3 is 19.9 Å². The number of methoxy groups -OCH3 is 1. The van der Waals surface area contributed by atoms with E-state index in [4.69, 9.17) is 9.26 Å². The fourth-order valence-electron chi connectivity index (χ4n) is 3.83. The molecule has 0 bridgehead atoms. The van der Waals surface area contributed by atoms with Gasteiger partial charge in [-0.15, -0.1) is 0 Å². The largest absolute Gasteiger partial charge is 0.481 e. The summed E-state index contributed by atoms with van der Waals surface area (Å²) in [6.45, 7) is 0. The first-order chi connectivity index (χ1) is 18.2. The van der Waals surface area contributed by atoms with E-state index >= 15 is 0 Å². The Labute approximate surface area is 213 Å². The van der Waals surface area contributed by atoms with E-state index < -0.39 is 23.3 Å². The Morgan fingerprint density at radius 2 is 1.82 bits per heavy atom. The molecule has 0 saturated heterocycles. The Bertz CT molecular complexity index is 1450. The predicted molar refractivity (Wildman–Crippen MR) is 127 cm³/mol. The van der Waals surface area contributed by atoms with Crippen molar-refractivity contribution in [2.75, 3.05) is 17.7 Å². The fourth-order valence-corrected chi connectivity index (χ4v) is 3.83. The molecule has 1 aliphatic carbocycles. The smallest absolute Gasteiger partial charge is 0.401 e. The number of carbonyl (C=O) groups is 1. The van der Waals surface area contributed by atoms with Crippen LogP contribution in [0, 0.1) is 5.82 Å². The van der Waals surface area contributed by atoms with E-state index in [2.05, 4.69) is 30.7 Å². The Morgan fingerprint density at radius 3 is 2.42 bits per heavy atom. The summed E-state index contributed by atoms with van der Waals surface area (Å²) in [5.41, 5.74) is -0.258. The second kappa shape index (κ2) is 9.72. The Kier molecular flexibility index (Phi) is 6.43. The van der Waals surface area contributed by atoms with Crippen LogP contribution in [-0.2, 0) is 16.6 Å². The molecule has 9 nitrogen and oxygen atoms in total. The van der Waals surface area contributed by atoms with Crippen LogP contribution in [0.5, 0.6) is 5.88 Å². The van der Waals surface area contributed by atoms with Crippen LogP contribution < -0.4 is 15.4 Å². The van der Waals surface area contributed by atoms with E-state index in [1.807, 2.05) is 0 Å². The minimum Gasteiger partial charge on any atom is -0.481 e. The number of rotatable bonds is 8. The molecule has 1 aliphatic rings. The number of hydrogen-bond acceptors (Lipinski definition) is 8. The van der Waals surface area contributed by atoms with Crippen LogP contribution >= 0.6 is 0 Å². The lowest BCUT2D eigenvalue weighted by Crippen LogP contribution is -2.28. The molecule has 3 aromatic heterocycles. The van der Waals surface area contributed by atoms with Crippen molar-refractivity contribution in [3.05, 3.63) is 72.1 Å². The highest BCUT2D eigenvalue weighted by Gasteiger charge is 2.66. The molecular formula is C25H20F4N6O3. The minimum absolute atomic E-state index is 0.0927. The number of halogens is 4.